The summed E-state index contributed by atoms with van der Waals surface area (Å²) in [5, 5.41) is 0. The first-order valence-corrected chi connectivity index (χ1v) is 14.3. The molecule has 0 amide bonds. The van der Waals surface area contributed by atoms with Gasteiger partial charge in [-0.3, -0.25) is 0 Å². The van der Waals surface area contributed by atoms with Crippen LogP contribution < -0.4 is 53.2 Å². The Balaban J connectivity index is 0.00000506. The average molecular weight is 676 g/mol. The minimum absolute atomic E-state index is 0. The van der Waals surface area contributed by atoms with Crippen molar-refractivity contribution in [1.82, 2.24) is 9.80 Å². The Morgan fingerprint density at radius 3 is 1.18 bits per heavy atom. The molecule has 1 aliphatic rings. The number of esters is 2. The Labute approximate surface area is 277 Å². The van der Waals surface area contributed by atoms with Crippen molar-refractivity contribution in [3.8, 4) is 34.5 Å². The van der Waals surface area contributed by atoms with E-state index in [9.17, 15) is 9.59 Å². The first-order valence-electron chi connectivity index (χ1n) is 14.3. The molecule has 0 atom stereocenters. The number of carbonyl (C=O) groups is 2. The van der Waals surface area contributed by atoms with Gasteiger partial charge in [0.2, 0.25) is 11.5 Å². The molecule has 0 aliphatic carbocycles. The zero-order chi connectivity index (χ0) is 31.2. The molecule has 0 radical (unpaired) electrons. The van der Waals surface area contributed by atoms with Crippen LogP contribution in [-0.4, -0.2) is 117 Å². The van der Waals surface area contributed by atoms with Crippen LogP contribution in [0.4, 0.5) is 0 Å². The van der Waals surface area contributed by atoms with E-state index in [-0.39, 0.29) is 24.8 Å². The quantitative estimate of drug-likeness (QED) is 0.139. The van der Waals surface area contributed by atoms with Crippen LogP contribution >= 0.6 is 0 Å². The van der Waals surface area contributed by atoms with Crippen LogP contribution in [0.25, 0.3) is 0 Å². The zero-order valence-electron chi connectivity index (χ0n) is 26.8. The Morgan fingerprint density at radius 1 is 0.556 bits per heavy atom. The fourth-order valence-electron chi connectivity index (χ4n) is 4.94. The van der Waals surface area contributed by atoms with E-state index in [1.165, 1.54) is 42.7 Å². The third-order valence-electron chi connectivity index (χ3n) is 7.19. The van der Waals surface area contributed by atoms with E-state index in [1.807, 2.05) is 0 Å². The first-order chi connectivity index (χ1) is 20.9. The molecule has 1 saturated heterocycles. The maximum atomic E-state index is 12.6. The summed E-state index contributed by atoms with van der Waals surface area (Å²) in [4.78, 5) is 30.0. The summed E-state index contributed by atoms with van der Waals surface area (Å²) in [7, 11) is 9.04. The summed E-state index contributed by atoms with van der Waals surface area (Å²) >= 11 is 0. The number of methoxy groups -OCH3 is 6. The van der Waals surface area contributed by atoms with Crippen LogP contribution in [0.3, 0.4) is 0 Å². The molecular formula is C31H44Cl2N2O10-2. The largest absolute Gasteiger partial charge is 1.00 e. The Bertz CT molecular complexity index is 1080. The number of nitrogens with zero attached hydrogens (tertiary/aromatic N) is 2. The van der Waals surface area contributed by atoms with Gasteiger partial charge in [-0.1, -0.05) is 0 Å². The molecule has 0 N–H and O–H groups in total. The van der Waals surface area contributed by atoms with Crippen LogP contribution in [-0.2, 0) is 9.47 Å². The molecule has 254 valence electrons. The summed E-state index contributed by atoms with van der Waals surface area (Å²) in [6.45, 7) is 6.10. The molecule has 1 aliphatic heterocycles. The lowest BCUT2D eigenvalue weighted by Gasteiger charge is -2.21. The Morgan fingerprint density at radius 2 is 0.889 bits per heavy atom. The third kappa shape index (κ3) is 11.2. The lowest BCUT2D eigenvalue weighted by molar-refractivity contribution is -0.00100. The number of rotatable bonds is 16. The number of hydrogen-bond donors (Lipinski definition) is 0. The highest BCUT2D eigenvalue weighted by Crippen LogP contribution is 2.39. The van der Waals surface area contributed by atoms with Gasteiger partial charge in [0.25, 0.3) is 0 Å². The van der Waals surface area contributed by atoms with Crippen LogP contribution in [0.2, 0.25) is 0 Å². The summed E-state index contributed by atoms with van der Waals surface area (Å²) in [5.41, 5.74) is 0.683. The zero-order valence-corrected chi connectivity index (χ0v) is 28.3. The molecular weight excluding hydrogens is 631 g/mol. The van der Waals surface area contributed by atoms with E-state index >= 15 is 0 Å². The van der Waals surface area contributed by atoms with Crippen molar-refractivity contribution in [1.29, 1.82) is 0 Å². The molecule has 0 aromatic heterocycles. The Kier molecular flexibility index (Phi) is 18.2. The summed E-state index contributed by atoms with van der Waals surface area (Å²) in [5.74, 6) is 1.58. The van der Waals surface area contributed by atoms with E-state index in [0.29, 0.717) is 58.8 Å². The standard InChI is InChI=1S/C31H44N2O10.2ClH/c1-36-24-18-22(19-25(37-2)28(24)40-5)30(34)42-16-8-12-32-10-7-11-33(15-14-32)13-9-17-43-31(35)23-20-26(38-3)29(41-6)27(21-23)39-4;;/h18-21H,7-17H2,1-6H3;2*1H/p-2. The lowest BCUT2D eigenvalue weighted by Crippen LogP contribution is -3.00. The van der Waals surface area contributed by atoms with E-state index in [0.717, 1.165) is 58.5 Å². The van der Waals surface area contributed by atoms with Gasteiger partial charge in [0.05, 0.1) is 67.0 Å². The van der Waals surface area contributed by atoms with Crippen LogP contribution in [0.5, 0.6) is 34.5 Å². The Hall–Kier alpha value is -3.32. The molecule has 45 heavy (non-hydrogen) atoms. The van der Waals surface area contributed by atoms with Gasteiger partial charge in [-0.15, -0.1) is 0 Å². The van der Waals surface area contributed by atoms with E-state index < -0.39 is 11.9 Å². The minimum Gasteiger partial charge on any atom is -1.00 e. The molecule has 0 unspecified atom stereocenters. The van der Waals surface area contributed by atoms with Crippen molar-refractivity contribution in [2.45, 2.75) is 19.3 Å². The molecule has 14 heteroatoms. The summed E-state index contributed by atoms with van der Waals surface area (Å²) < 4.78 is 42.9. The van der Waals surface area contributed by atoms with Gasteiger partial charge in [-0.2, -0.15) is 0 Å². The second kappa shape index (κ2) is 20.7. The van der Waals surface area contributed by atoms with E-state index in [1.54, 1.807) is 24.3 Å². The lowest BCUT2D eigenvalue weighted by atomic mass is 10.2. The van der Waals surface area contributed by atoms with Crippen molar-refractivity contribution >= 4 is 11.9 Å². The maximum absolute atomic E-state index is 12.6. The highest BCUT2D eigenvalue weighted by Gasteiger charge is 2.20. The van der Waals surface area contributed by atoms with Crippen molar-refractivity contribution in [2.75, 3.05) is 95.1 Å². The second-order valence-electron chi connectivity index (χ2n) is 9.84. The molecule has 0 spiro atoms. The fourth-order valence-corrected chi connectivity index (χ4v) is 4.94. The topological polar surface area (TPSA) is 114 Å². The number of ether oxygens (including phenoxy) is 8. The molecule has 2 aromatic rings. The normalized spacial score (nSPS) is 13.3. The van der Waals surface area contributed by atoms with Gasteiger partial charge < -0.3 is 72.5 Å². The number of carbonyl (C=O) groups excluding carboxylic acids is 2. The smallest absolute Gasteiger partial charge is 0.338 e. The number of hydrogen-bond acceptors (Lipinski definition) is 12. The monoisotopic (exact) mass is 674 g/mol. The van der Waals surface area contributed by atoms with Gasteiger partial charge in [-0.05, 0) is 56.6 Å². The maximum Gasteiger partial charge on any atom is 0.338 e. The van der Waals surface area contributed by atoms with Crippen LogP contribution in [0.1, 0.15) is 40.0 Å². The van der Waals surface area contributed by atoms with Gasteiger partial charge >= 0.3 is 11.9 Å². The fraction of sp³-hybridized carbons (Fsp3) is 0.548. The van der Waals surface area contributed by atoms with E-state index in [4.69, 9.17) is 37.9 Å². The summed E-state index contributed by atoms with van der Waals surface area (Å²) in [6.07, 6.45) is 2.50. The molecule has 1 fully saturated rings. The van der Waals surface area contributed by atoms with Crippen LogP contribution in [0, 0.1) is 0 Å². The SMILES string of the molecule is COc1cc(C(=O)OCCCN2CCCN(CCCOC(=O)c3cc(OC)c(OC)c(OC)c3)CC2)cc(OC)c1OC.[Cl-].[Cl-]. The van der Waals surface area contributed by atoms with Crippen molar-refractivity contribution in [3.05, 3.63) is 35.4 Å². The highest BCUT2D eigenvalue weighted by molar-refractivity contribution is 5.91. The van der Waals surface area contributed by atoms with Gasteiger partial charge in [0.15, 0.2) is 23.0 Å². The number of halogens is 2. The van der Waals surface area contributed by atoms with Gasteiger partial charge in [0, 0.05) is 26.2 Å². The predicted octanol–water partition coefficient (Wildman–Crippen LogP) is -2.45. The molecule has 0 saturated carbocycles. The molecule has 1 heterocycles. The van der Waals surface area contributed by atoms with Gasteiger partial charge in [-0.25, -0.2) is 9.59 Å². The number of benzene rings is 2. The van der Waals surface area contributed by atoms with E-state index in [2.05, 4.69) is 9.80 Å². The molecule has 3 rings (SSSR count). The third-order valence-corrected chi connectivity index (χ3v) is 7.19. The first kappa shape index (κ1) is 39.7. The second-order valence-corrected chi connectivity index (χ2v) is 9.84. The molecule has 2 aromatic carbocycles. The van der Waals surface area contributed by atoms with Crippen molar-refractivity contribution in [2.24, 2.45) is 0 Å². The van der Waals surface area contributed by atoms with Gasteiger partial charge in [0.1, 0.15) is 0 Å². The molecule has 0 bridgehead atoms. The van der Waals surface area contributed by atoms with Crippen molar-refractivity contribution in [3.63, 3.8) is 0 Å². The predicted molar refractivity (Wildman–Crippen MR) is 159 cm³/mol. The average Bonchev–Trinajstić information content (AvgIpc) is 3.28. The van der Waals surface area contributed by atoms with Crippen molar-refractivity contribution < 1.29 is 72.3 Å². The van der Waals surface area contributed by atoms with Crippen LogP contribution in [0.15, 0.2) is 24.3 Å². The highest BCUT2D eigenvalue weighted by atomic mass is 35.5. The summed E-state index contributed by atoms with van der Waals surface area (Å²) in [6, 6.07) is 6.34. The minimum atomic E-state index is -0.438. The molecule has 12 nitrogen and oxygen atoms in total.